The zero-order valence-electron chi connectivity index (χ0n) is 10.3. The number of ether oxygens (including phenoxy) is 1. The summed E-state index contributed by atoms with van der Waals surface area (Å²) in [5.74, 6) is 0. The number of nitrogen functional groups attached to an aromatic ring is 1. The number of morpholine rings is 1. The predicted octanol–water partition coefficient (Wildman–Crippen LogP) is 2.15. The molecule has 0 saturated carbocycles. The van der Waals surface area contributed by atoms with E-state index in [1.807, 2.05) is 6.20 Å². The minimum Gasteiger partial charge on any atom is -0.375 e. The van der Waals surface area contributed by atoms with Gasteiger partial charge in [-0.1, -0.05) is 6.92 Å². The third-order valence-corrected chi connectivity index (χ3v) is 3.62. The maximum Gasteiger partial charge on any atom is 0.180 e. The van der Waals surface area contributed by atoms with Crippen molar-refractivity contribution in [1.29, 1.82) is 0 Å². The fourth-order valence-electron chi connectivity index (χ4n) is 2.11. The Bertz CT molecular complexity index is 347. The first-order valence-electron chi connectivity index (χ1n) is 5.75. The van der Waals surface area contributed by atoms with Crippen LogP contribution in [0.3, 0.4) is 0 Å². The van der Waals surface area contributed by atoms with Gasteiger partial charge in [0.2, 0.25) is 0 Å². The number of rotatable bonds is 3. The Balaban J connectivity index is 0.00000144. The van der Waals surface area contributed by atoms with Crippen molar-refractivity contribution in [3.8, 4) is 0 Å². The maximum absolute atomic E-state index is 5.83. The average molecular weight is 278 g/mol. The molecule has 6 heteroatoms. The van der Waals surface area contributed by atoms with E-state index < -0.39 is 0 Å². The Morgan fingerprint density at radius 1 is 1.59 bits per heavy atom. The van der Waals surface area contributed by atoms with Crippen molar-refractivity contribution in [2.75, 3.05) is 18.8 Å². The van der Waals surface area contributed by atoms with Gasteiger partial charge < -0.3 is 10.5 Å². The predicted molar refractivity (Wildman–Crippen MR) is 73.7 cm³/mol. The summed E-state index contributed by atoms with van der Waals surface area (Å²) in [5, 5.41) is 0.656. The highest BCUT2D eigenvalue weighted by molar-refractivity contribution is 7.15. The van der Waals surface area contributed by atoms with Crippen molar-refractivity contribution in [2.45, 2.75) is 39.0 Å². The van der Waals surface area contributed by atoms with Crippen LogP contribution in [0.25, 0.3) is 0 Å². The fourth-order valence-corrected chi connectivity index (χ4v) is 2.84. The zero-order valence-corrected chi connectivity index (χ0v) is 11.9. The van der Waals surface area contributed by atoms with Crippen molar-refractivity contribution in [3.63, 3.8) is 0 Å². The summed E-state index contributed by atoms with van der Waals surface area (Å²) < 4.78 is 5.83. The Hall–Kier alpha value is -0.360. The third kappa shape index (κ3) is 4.10. The van der Waals surface area contributed by atoms with Crippen LogP contribution >= 0.6 is 23.7 Å². The molecule has 98 valence electrons. The highest BCUT2D eigenvalue weighted by Gasteiger charge is 2.24. The highest BCUT2D eigenvalue weighted by atomic mass is 35.5. The number of nitrogens with zero attached hydrogens (tertiary/aromatic N) is 2. The summed E-state index contributed by atoms with van der Waals surface area (Å²) in [6.07, 6.45) is 3.64. The fraction of sp³-hybridized carbons (Fsp3) is 0.727. The number of hydrogen-bond donors (Lipinski definition) is 1. The molecule has 2 N–H and O–H groups in total. The number of aromatic nitrogens is 1. The molecule has 1 fully saturated rings. The molecule has 17 heavy (non-hydrogen) atoms. The minimum absolute atomic E-state index is 0. The lowest BCUT2D eigenvalue weighted by Crippen LogP contribution is -2.45. The van der Waals surface area contributed by atoms with Crippen LogP contribution in [0, 0.1) is 0 Å². The largest absolute Gasteiger partial charge is 0.375 e. The van der Waals surface area contributed by atoms with E-state index in [0.29, 0.717) is 17.3 Å². The van der Waals surface area contributed by atoms with Gasteiger partial charge in [0.15, 0.2) is 5.13 Å². The summed E-state index contributed by atoms with van der Waals surface area (Å²) in [6.45, 7) is 7.26. The second-order valence-electron chi connectivity index (χ2n) is 4.34. The second-order valence-corrected chi connectivity index (χ2v) is 5.48. The molecule has 1 saturated heterocycles. The topological polar surface area (TPSA) is 51.4 Å². The van der Waals surface area contributed by atoms with Gasteiger partial charge in [0.25, 0.3) is 0 Å². The van der Waals surface area contributed by atoms with Gasteiger partial charge in [-0.25, -0.2) is 4.98 Å². The van der Waals surface area contributed by atoms with Crippen molar-refractivity contribution in [2.24, 2.45) is 0 Å². The van der Waals surface area contributed by atoms with Gasteiger partial charge in [0.1, 0.15) is 0 Å². The van der Waals surface area contributed by atoms with E-state index in [1.54, 1.807) is 11.3 Å². The molecule has 1 aliphatic rings. The van der Waals surface area contributed by atoms with Crippen LogP contribution in [-0.4, -0.2) is 35.2 Å². The molecule has 0 spiro atoms. The summed E-state index contributed by atoms with van der Waals surface area (Å²) in [5.41, 5.74) is 5.63. The lowest BCUT2D eigenvalue weighted by Gasteiger charge is -2.36. The molecule has 0 bridgehead atoms. The smallest absolute Gasteiger partial charge is 0.180 e. The van der Waals surface area contributed by atoms with Crippen LogP contribution in [0.1, 0.15) is 25.1 Å². The quantitative estimate of drug-likeness (QED) is 0.920. The number of nitrogens with two attached hydrogens (primary N) is 1. The van der Waals surface area contributed by atoms with Gasteiger partial charge >= 0.3 is 0 Å². The van der Waals surface area contributed by atoms with Crippen molar-refractivity contribution in [3.05, 3.63) is 11.1 Å². The normalized spacial score (nSPS) is 25.5. The van der Waals surface area contributed by atoms with E-state index in [9.17, 15) is 0 Å². The van der Waals surface area contributed by atoms with Gasteiger partial charge in [-0.05, 0) is 13.3 Å². The first-order valence-corrected chi connectivity index (χ1v) is 6.57. The highest BCUT2D eigenvalue weighted by Crippen LogP contribution is 2.20. The zero-order chi connectivity index (χ0) is 11.5. The molecule has 2 atom stereocenters. The Labute approximate surface area is 113 Å². The second kappa shape index (κ2) is 6.54. The minimum atomic E-state index is 0. The summed E-state index contributed by atoms with van der Waals surface area (Å²) in [6, 6.07) is 0. The Morgan fingerprint density at radius 2 is 2.35 bits per heavy atom. The van der Waals surface area contributed by atoms with Gasteiger partial charge in [0.05, 0.1) is 12.2 Å². The average Bonchev–Trinajstić information content (AvgIpc) is 2.63. The molecule has 0 aromatic carbocycles. The molecule has 2 unspecified atom stereocenters. The lowest BCUT2D eigenvalue weighted by molar-refractivity contribution is -0.0798. The molecule has 0 radical (unpaired) electrons. The molecule has 2 heterocycles. The number of halogens is 1. The molecular formula is C11H20ClN3OS. The first-order chi connectivity index (χ1) is 7.67. The molecule has 0 aliphatic carbocycles. The molecular weight excluding hydrogens is 258 g/mol. The number of anilines is 1. The molecule has 1 aromatic rings. The summed E-state index contributed by atoms with van der Waals surface area (Å²) in [4.78, 5) is 7.74. The Kier molecular flexibility index (Phi) is 5.66. The number of hydrogen-bond acceptors (Lipinski definition) is 5. The Morgan fingerprint density at radius 3 is 2.94 bits per heavy atom. The van der Waals surface area contributed by atoms with E-state index in [2.05, 4.69) is 23.7 Å². The van der Waals surface area contributed by atoms with Gasteiger partial charge in [0, 0.05) is 30.7 Å². The molecule has 2 rings (SSSR count). The third-order valence-electron chi connectivity index (χ3n) is 2.81. The molecule has 1 aromatic heterocycles. The van der Waals surface area contributed by atoms with E-state index in [0.717, 1.165) is 26.1 Å². The maximum atomic E-state index is 5.83. The van der Waals surface area contributed by atoms with E-state index in [1.165, 1.54) is 4.88 Å². The van der Waals surface area contributed by atoms with E-state index in [-0.39, 0.29) is 12.4 Å². The van der Waals surface area contributed by atoms with E-state index >= 15 is 0 Å². The number of thiazole rings is 1. The van der Waals surface area contributed by atoms with Crippen molar-refractivity contribution >= 4 is 28.9 Å². The van der Waals surface area contributed by atoms with Gasteiger partial charge in [-0.2, -0.15) is 0 Å². The van der Waals surface area contributed by atoms with Gasteiger partial charge in [-0.3, -0.25) is 4.90 Å². The van der Waals surface area contributed by atoms with Crippen LogP contribution in [0.15, 0.2) is 6.20 Å². The molecule has 1 aliphatic heterocycles. The van der Waals surface area contributed by atoms with Crippen LogP contribution in [0.4, 0.5) is 5.13 Å². The first kappa shape index (κ1) is 14.7. The van der Waals surface area contributed by atoms with Crippen LogP contribution in [-0.2, 0) is 11.3 Å². The van der Waals surface area contributed by atoms with Crippen LogP contribution in [0.2, 0.25) is 0 Å². The lowest BCUT2D eigenvalue weighted by atomic mass is 10.2. The van der Waals surface area contributed by atoms with Crippen LogP contribution in [0.5, 0.6) is 0 Å². The van der Waals surface area contributed by atoms with Crippen molar-refractivity contribution < 1.29 is 4.74 Å². The standard InChI is InChI=1S/C11H19N3OS.ClH/c1-3-9-6-14(5-8(2)15-9)7-10-4-13-11(12)16-10;/h4,8-9H,3,5-7H2,1-2H3,(H2,12,13);1H. The van der Waals surface area contributed by atoms with Crippen LogP contribution < -0.4 is 5.73 Å². The van der Waals surface area contributed by atoms with E-state index in [4.69, 9.17) is 10.5 Å². The SMILES string of the molecule is CCC1CN(Cc2cnc(N)s2)CC(C)O1.Cl. The molecule has 4 nitrogen and oxygen atoms in total. The van der Waals surface area contributed by atoms with Crippen molar-refractivity contribution in [1.82, 2.24) is 9.88 Å². The molecule has 0 amide bonds. The van der Waals surface area contributed by atoms with Gasteiger partial charge in [-0.15, -0.1) is 23.7 Å². The summed E-state index contributed by atoms with van der Waals surface area (Å²) >= 11 is 1.58. The summed E-state index contributed by atoms with van der Waals surface area (Å²) in [7, 11) is 0. The monoisotopic (exact) mass is 277 g/mol.